The first-order valence-corrected chi connectivity index (χ1v) is 35.1. The summed E-state index contributed by atoms with van der Waals surface area (Å²) in [6, 6.07) is 0. The Kier molecular flexibility index (Phi) is 53.6. The summed E-state index contributed by atoms with van der Waals surface area (Å²) in [5.41, 5.74) is 0. The average molecular weight is 1190 g/mol. The number of carbonyl (C=O) groups is 4. The summed E-state index contributed by atoms with van der Waals surface area (Å²) >= 11 is 0. The van der Waals surface area contributed by atoms with Gasteiger partial charge in [0.2, 0.25) is 0 Å². The Morgan fingerprint density at radius 3 is 0.850 bits per heavy atom. The van der Waals surface area contributed by atoms with Crippen LogP contribution in [0.25, 0.3) is 0 Å². The largest absolute Gasteiger partial charge is 0.472 e. The molecule has 0 aliphatic carbocycles. The third-order valence-electron chi connectivity index (χ3n) is 14.0. The normalized spacial score (nSPS) is 14.3. The van der Waals surface area contributed by atoms with Gasteiger partial charge in [-0.1, -0.05) is 253 Å². The molecule has 0 aromatic rings. The molecule has 0 aromatic carbocycles. The molecule has 17 nitrogen and oxygen atoms in total. The molecule has 0 saturated carbocycles. The molecule has 0 rings (SSSR count). The third kappa shape index (κ3) is 55.3. The van der Waals surface area contributed by atoms with Crippen LogP contribution in [0.4, 0.5) is 0 Å². The summed E-state index contributed by atoms with van der Waals surface area (Å²) in [6.45, 7) is 7.09. The van der Waals surface area contributed by atoms with Crippen molar-refractivity contribution >= 4 is 39.5 Å². The van der Waals surface area contributed by atoms with Crippen LogP contribution in [0, 0.1) is 5.92 Å². The second kappa shape index (κ2) is 55.0. The number of unbranched alkanes of at least 4 members (excludes halogenated alkanes) is 33. The van der Waals surface area contributed by atoms with Gasteiger partial charge in [-0.15, -0.1) is 0 Å². The molecule has 3 N–H and O–H groups in total. The minimum atomic E-state index is -4.94. The van der Waals surface area contributed by atoms with E-state index in [9.17, 15) is 43.2 Å². The predicted octanol–water partition coefficient (Wildman–Crippen LogP) is 16.6. The number of ether oxygens (including phenoxy) is 4. The van der Waals surface area contributed by atoms with Crippen molar-refractivity contribution in [1.29, 1.82) is 0 Å². The Morgan fingerprint density at radius 1 is 0.338 bits per heavy atom. The van der Waals surface area contributed by atoms with Gasteiger partial charge in [-0.25, -0.2) is 9.13 Å². The topological polar surface area (TPSA) is 237 Å². The van der Waals surface area contributed by atoms with Crippen LogP contribution in [0.3, 0.4) is 0 Å². The van der Waals surface area contributed by atoms with Gasteiger partial charge in [-0.2, -0.15) is 0 Å². The lowest BCUT2D eigenvalue weighted by Crippen LogP contribution is -2.30. The molecule has 0 bridgehead atoms. The predicted molar refractivity (Wildman–Crippen MR) is 317 cm³/mol. The molecule has 0 aliphatic heterocycles. The summed E-state index contributed by atoms with van der Waals surface area (Å²) < 4.78 is 67.8. The molecule has 474 valence electrons. The fraction of sp³-hybridized carbons (Fsp3) is 0.934. The lowest BCUT2D eigenvalue weighted by atomic mass is 10.0. The second-order valence-corrected chi connectivity index (χ2v) is 25.5. The molecule has 0 aromatic heterocycles. The van der Waals surface area contributed by atoms with E-state index in [1.54, 1.807) is 0 Å². The van der Waals surface area contributed by atoms with Gasteiger partial charge in [0.05, 0.1) is 26.4 Å². The van der Waals surface area contributed by atoms with E-state index in [0.717, 1.165) is 109 Å². The van der Waals surface area contributed by atoms with E-state index in [-0.39, 0.29) is 25.7 Å². The van der Waals surface area contributed by atoms with Crippen LogP contribution < -0.4 is 0 Å². The van der Waals surface area contributed by atoms with Crippen LogP contribution in [0.15, 0.2) is 0 Å². The zero-order valence-corrected chi connectivity index (χ0v) is 53.0. The van der Waals surface area contributed by atoms with Crippen LogP contribution in [0.5, 0.6) is 0 Å². The van der Waals surface area contributed by atoms with Gasteiger partial charge in [-0.3, -0.25) is 37.3 Å². The molecule has 19 heteroatoms. The molecule has 0 spiro atoms. The van der Waals surface area contributed by atoms with E-state index in [1.165, 1.54) is 116 Å². The standard InChI is InChI=1S/C61H118O17P2/c1-6-9-12-15-18-21-22-23-24-25-32-37-42-47-61(66)78-57(51-72-59(64)45-40-35-31-27-26-28-33-38-43-54(4)5)53-76-80(69,70)74-49-55(62)48-73-79(67,68)75-52-56(77-60(65)46-41-36-30-20-17-14-11-8-3)50-71-58(63)44-39-34-29-19-16-13-10-7-2/h54-57,62H,6-53H2,1-5H3,(H,67,68)(H,69,70)/t55-,56+,57+/m0/s1. The number of carbonyl (C=O) groups excluding carboxylic acids is 4. The highest BCUT2D eigenvalue weighted by molar-refractivity contribution is 7.47. The van der Waals surface area contributed by atoms with Crippen LogP contribution >= 0.6 is 15.6 Å². The molecular formula is C61H118O17P2. The van der Waals surface area contributed by atoms with Crippen LogP contribution in [0.1, 0.15) is 304 Å². The van der Waals surface area contributed by atoms with Crippen molar-refractivity contribution in [3.63, 3.8) is 0 Å². The zero-order valence-electron chi connectivity index (χ0n) is 51.2. The van der Waals surface area contributed by atoms with Gasteiger partial charge >= 0.3 is 39.5 Å². The first-order valence-electron chi connectivity index (χ1n) is 32.1. The molecular weight excluding hydrogens is 1070 g/mol. The minimum absolute atomic E-state index is 0.105. The van der Waals surface area contributed by atoms with Crippen molar-refractivity contribution in [3.05, 3.63) is 0 Å². The van der Waals surface area contributed by atoms with Gasteiger partial charge < -0.3 is 33.8 Å². The zero-order chi connectivity index (χ0) is 59.2. The van der Waals surface area contributed by atoms with Gasteiger partial charge in [0.15, 0.2) is 12.2 Å². The van der Waals surface area contributed by atoms with E-state index in [4.69, 9.17) is 37.0 Å². The fourth-order valence-corrected chi connectivity index (χ4v) is 10.6. The maximum absolute atomic E-state index is 12.9. The summed E-state index contributed by atoms with van der Waals surface area (Å²) in [4.78, 5) is 71.9. The SMILES string of the molecule is CCCCCCCCCCCCCCCC(=O)O[C@H](COC(=O)CCCCCCCCCCC(C)C)COP(=O)(O)OC[C@@H](O)COP(=O)(O)OC[C@@H](COC(=O)CCCCCCCCCC)OC(=O)CCCCCCCCCC. The number of hydrogen-bond donors (Lipinski definition) is 3. The number of esters is 4. The monoisotopic (exact) mass is 1180 g/mol. The lowest BCUT2D eigenvalue weighted by molar-refractivity contribution is -0.161. The maximum Gasteiger partial charge on any atom is 0.472 e. The number of aliphatic hydroxyl groups excluding tert-OH is 1. The number of aliphatic hydroxyl groups is 1. The van der Waals surface area contributed by atoms with Crippen LogP contribution in [0.2, 0.25) is 0 Å². The van der Waals surface area contributed by atoms with Crippen molar-refractivity contribution in [3.8, 4) is 0 Å². The highest BCUT2D eigenvalue weighted by Gasteiger charge is 2.30. The van der Waals surface area contributed by atoms with Crippen molar-refractivity contribution in [2.24, 2.45) is 5.92 Å². The average Bonchev–Trinajstić information content (AvgIpc) is 3.42. The van der Waals surface area contributed by atoms with E-state index < -0.39 is 97.5 Å². The number of phosphoric ester groups is 2. The number of rotatable bonds is 61. The van der Waals surface area contributed by atoms with Crippen molar-refractivity contribution in [1.82, 2.24) is 0 Å². The highest BCUT2D eigenvalue weighted by Crippen LogP contribution is 2.45. The number of hydrogen-bond acceptors (Lipinski definition) is 15. The Bertz CT molecular complexity index is 1570. The molecule has 0 heterocycles. The van der Waals surface area contributed by atoms with E-state index in [1.807, 2.05) is 0 Å². The van der Waals surface area contributed by atoms with Crippen molar-refractivity contribution < 1.29 is 80.2 Å². The summed E-state index contributed by atoms with van der Waals surface area (Å²) in [5.74, 6) is -1.41. The quantitative estimate of drug-likeness (QED) is 0.0222. The first-order chi connectivity index (χ1) is 38.5. The van der Waals surface area contributed by atoms with Crippen LogP contribution in [-0.2, 0) is 65.4 Å². The maximum atomic E-state index is 12.9. The van der Waals surface area contributed by atoms with Crippen LogP contribution in [-0.4, -0.2) is 96.7 Å². The van der Waals surface area contributed by atoms with Gasteiger partial charge in [0.1, 0.15) is 19.3 Å². The molecule has 80 heavy (non-hydrogen) atoms. The lowest BCUT2D eigenvalue weighted by Gasteiger charge is -2.21. The third-order valence-corrected chi connectivity index (χ3v) is 15.9. The Labute approximate surface area is 486 Å². The molecule has 2 unspecified atom stereocenters. The molecule has 0 amide bonds. The van der Waals surface area contributed by atoms with E-state index in [0.29, 0.717) is 25.7 Å². The molecule has 0 aliphatic rings. The smallest absolute Gasteiger partial charge is 0.462 e. The molecule has 5 atom stereocenters. The fourth-order valence-electron chi connectivity index (χ4n) is 9.05. The molecule has 0 saturated heterocycles. The van der Waals surface area contributed by atoms with E-state index in [2.05, 4.69) is 34.6 Å². The molecule has 0 radical (unpaired) electrons. The Hall–Kier alpha value is -1.94. The first kappa shape index (κ1) is 78.1. The summed E-state index contributed by atoms with van der Waals surface area (Å²) in [5, 5.41) is 10.5. The van der Waals surface area contributed by atoms with Crippen molar-refractivity contribution in [2.75, 3.05) is 39.6 Å². The minimum Gasteiger partial charge on any atom is -0.462 e. The Morgan fingerprint density at radius 2 is 0.575 bits per heavy atom. The highest BCUT2D eigenvalue weighted by atomic mass is 31.2. The van der Waals surface area contributed by atoms with Gasteiger partial charge in [-0.05, 0) is 31.6 Å². The van der Waals surface area contributed by atoms with Gasteiger partial charge in [0, 0.05) is 25.7 Å². The van der Waals surface area contributed by atoms with E-state index >= 15 is 0 Å². The number of phosphoric acid groups is 2. The Balaban J connectivity index is 5.21. The molecule has 0 fully saturated rings. The second-order valence-electron chi connectivity index (χ2n) is 22.6. The summed E-state index contributed by atoms with van der Waals surface area (Å²) in [7, 11) is -9.87. The van der Waals surface area contributed by atoms with Gasteiger partial charge in [0.25, 0.3) is 0 Å². The van der Waals surface area contributed by atoms with Crippen molar-refractivity contribution in [2.45, 2.75) is 323 Å². The summed E-state index contributed by atoms with van der Waals surface area (Å²) in [6.07, 6.45) is 37.6.